The number of aromatic nitrogens is 1. The van der Waals surface area contributed by atoms with Gasteiger partial charge < -0.3 is 13.9 Å². The van der Waals surface area contributed by atoms with E-state index < -0.39 is 10.0 Å². The van der Waals surface area contributed by atoms with Crippen LogP contribution in [-0.2, 0) is 10.0 Å². The number of anilines is 1. The van der Waals surface area contributed by atoms with Gasteiger partial charge in [0.05, 0.1) is 20.4 Å². The maximum atomic E-state index is 12.8. The molecule has 0 spiro atoms. The van der Waals surface area contributed by atoms with E-state index in [0.29, 0.717) is 22.8 Å². The SMILES string of the molecule is COc1ccc(OC)c(S(=O)(=O)Nc2cccc(-c3cnco3)c2)c1. The minimum absolute atomic E-state index is 0.0144. The van der Waals surface area contributed by atoms with Gasteiger partial charge in [-0.25, -0.2) is 13.4 Å². The quantitative estimate of drug-likeness (QED) is 0.726. The number of benzene rings is 2. The number of sulfonamides is 1. The summed E-state index contributed by atoms with van der Waals surface area (Å²) in [5, 5.41) is 0. The topological polar surface area (TPSA) is 90.7 Å². The molecule has 7 nitrogen and oxygen atoms in total. The second-order valence-corrected chi connectivity index (χ2v) is 6.72. The lowest BCUT2D eigenvalue weighted by Crippen LogP contribution is -2.14. The molecule has 130 valence electrons. The molecule has 25 heavy (non-hydrogen) atoms. The summed E-state index contributed by atoms with van der Waals surface area (Å²) >= 11 is 0. The van der Waals surface area contributed by atoms with Crippen LogP contribution in [0.4, 0.5) is 5.69 Å². The van der Waals surface area contributed by atoms with Gasteiger partial charge in [0, 0.05) is 17.3 Å². The first-order valence-corrected chi connectivity index (χ1v) is 8.75. The molecule has 0 aliphatic heterocycles. The monoisotopic (exact) mass is 360 g/mol. The summed E-state index contributed by atoms with van der Waals surface area (Å²) < 4.78 is 43.6. The van der Waals surface area contributed by atoms with E-state index in [4.69, 9.17) is 13.9 Å². The van der Waals surface area contributed by atoms with Gasteiger partial charge in [-0.15, -0.1) is 0 Å². The summed E-state index contributed by atoms with van der Waals surface area (Å²) in [6.07, 6.45) is 2.87. The molecule has 0 amide bonds. The standard InChI is InChI=1S/C17H16N2O5S/c1-22-14-6-7-15(23-2)17(9-14)25(20,21)19-13-5-3-4-12(8-13)16-10-18-11-24-16/h3-11,19H,1-2H3. The summed E-state index contributed by atoms with van der Waals surface area (Å²) in [5.74, 6) is 1.18. The highest BCUT2D eigenvalue weighted by atomic mass is 32.2. The fourth-order valence-electron chi connectivity index (χ4n) is 2.30. The molecule has 0 fully saturated rings. The molecule has 0 saturated carbocycles. The van der Waals surface area contributed by atoms with Crippen LogP contribution in [0.25, 0.3) is 11.3 Å². The average molecular weight is 360 g/mol. The van der Waals surface area contributed by atoms with Crippen molar-refractivity contribution in [2.45, 2.75) is 4.90 Å². The largest absolute Gasteiger partial charge is 0.497 e. The Balaban J connectivity index is 1.96. The van der Waals surface area contributed by atoms with Crippen molar-refractivity contribution in [3.63, 3.8) is 0 Å². The highest BCUT2D eigenvalue weighted by Crippen LogP contribution is 2.30. The maximum Gasteiger partial charge on any atom is 0.265 e. The predicted molar refractivity (Wildman–Crippen MR) is 92.3 cm³/mol. The van der Waals surface area contributed by atoms with Gasteiger partial charge in [0.15, 0.2) is 12.2 Å². The fraction of sp³-hybridized carbons (Fsp3) is 0.118. The van der Waals surface area contributed by atoms with Crippen molar-refractivity contribution in [1.29, 1.82) is 0 Å². The summed E-state index contributed by atoms with van der Waals surface area (Å²) in [6, 6.07) is 11.4. The molecule has 0 saturated heterocycles. The van der Waals surface area contributed by atoms with E-state index in [0.717, 1.165) is 0 Å². The van der Waals surface area contributed by atoms with Crippen LogP contribution in [0.5, 0.6) is 11.5 Å². The molecule has 0 atom stereocenters. The van der Waals surface area contributed by atoms with E-state index >= 15 is 0 Å². The van der Waals surface area contributed by atoms with Crippen LogP contribution in [0.3, 0.4) is 0 Å². The van der Waals surface area contributed by atoms with Crippen LogP contribution >= 0.6 is 0 Å². The Morgan fingerprint density at radius 2 is 1.92 bits per heavy atom. The van der Waals surface area contributed by atoms with Gasteiger partial charge in [-0.2, -0.15) is 0 Å². The molecule has 0 bridgehead atoms. The first kappa shape index (κ1) is 16.8. The van der Waals surface area contributed by atoms with Crippen LogP contribution in [0.1, 0.15) is 0 Å². The summed E-state index contributed by atoms with van der Waals surface area (Å²) in [7, 11) is -1.00. The van der Waals surface area contributed by atoms with Crippen molar-refractivity contribution in [3.8, 4) is 22.8 Å². The van der Waals surface area contributed by atoms with Gasteiger partial charge in [-0.3, -0.25) is 4.72 Å². The summed E-state index contributed by atoms with van der Waals surface area (Å²) in [5.41, 5.74) is 1.09. The number of ether oxygens (including phenoxy) is 2. The van der Waals surface area contributed by atoms with Crippen LogP contribution in [-0.4, -0.2) is 27.6 Å². The molecular formula is C17H16N2O5S. The van der Waals surface area contributed by atoms with Crippen molar-refractivity contribution in [2.75, 3.05) is 18.9 Å². The summed E-state index contributed by atoms with van der Waals surface area (Å²) in [4.78, 5) is 3.84. The van der Waals surface area contributed by atoms with Crippen LogP contribution < -0.4 is 14.2 Å². The van der Waals surface area contributed by atoms with Crippen molar-refractivity contribution in [3.05, 3.63) is 55.1 Å². The van der Waals surface area contributed by atoms with E-state index in [2.05, 4.69) is 9.71 Å². The van der Waals surface area contributed by atoms with Crippen molar-refractivity contribution >= 4 is 15.7 Å². The van der Waals surface area contributed by atoms with Crippen LogP contribution in [0.2, 0.25) is 0 Å². The Labute approximate surface area is 145 Å². The second kappa shape index (κ2) is 6.86. The van der Waals surface area contributed by atoms with Gasteiger partial charge >= 0.3 is 0 Å². The Bertz CT molecular complexity index is 968. The predicted octanol–water partition coefficient (Wildman–Crippen LogP) is 3.16. The molecule has 1 aromatic heterocycles. The molecule has 0 aliphatic carbocycles. The lowest BCUT2D eigenvalue weighted by Gasteiger charge is -2.13. The number of oxazole rings is 1. The molecule has 0 radical (unpaired) electrons. The Hall–Kier alpha value is -3.00. The third-order valence-electron chi connectivity index (χ3n) is 3.49. The minimum Gasteiger partial charge on any atom is -0.497 e. The van der Waals surface area contributed by atoms with Gasteiger partial charge in [0.25, 0.3) is 10.0 Å². The maximum absolute atomic E-state index is 12.8. The second-order valence-electron chi connectivity index (χ2n) is 5.07. The molecule has 0 unspecified atom stereocenters. The molecule has 3 aromatic rings. The average Bonchev–Trinajstić information content (AvgIpc) is 3.15. The Kier molecular flexibility index (Phi) is 4.62. The van der Waals surface area contributed by atoms with E-state index in [1.54, 1.807) is 42.6 Å². The third-order valence-corrected chi connectivity index (χ3v) is 4.89. The first-order chi connectivity index (χ1) is 12.0. The van der Waals surface area contributed by atoms with Crippen molar-refractivity contribution in [1.82, 2.24) is 4.98 Å². The smallest absolute Gasteiger partial charge is 0.265 e. The molecule has 1 N–H and O–H groups in total. The van der Waals surface area contributed by atoms with Crippen LogP contribution in [0, 0.1) is 0 Å². The van der Waals surface area contributed by atoms with Crippen molar-refractivity contribution < 1.29 is 22.3 Å². The van der Waals surface area contributed by atoms with Gasteiger partial charge in [0.1, 0.15) is 16.4 Å². The van der Waals surface area contributed by atoms with E-state index in [-0.39, 0.29) is 10.6 Å². The number of methoxy groups -OCH3 is 2. The fourth-order valence-corrected chi connectivity index (χ4v) is 3.53. The zero-order valence-electron chi connectivity index (χ0n) is 13.6. The van der Waals surface area contributed by atoms with Gasteiger partial charge in [-0.05, 0) is 24.3 Å². The van der Waals surface area contributed by atoms with E-state index in [1.165, 1.54) is 26.7 Å². The van der Waals surface area contributed by atoms with Gasteiger partial charge in [-0.1, -0.05) is 12.1 Å². The third kappa shape index (κ3) is 3.58. The zero-order chi connectivity index (χ0) is 17.9. The highest BCUT2D eigenvalue weighted by molar-refractivity contribution is 7.92. The lowest BCUT2D eigenvalue weighted by molar-refractivity contribution is 0.392. The Morgan fingerprint density at radius 3 is 2.60 bits per heavy atom. The molecule has 0 aliphatic rings. The molecule has 8 heteroatoms. The molecular weight excluding hydrogens is 344 g/mol. The van der Waals surface area contributed by atoms with Gasteiger partial charge in [0.2, 0.25) is 0 Å². The van der Waals surface area contributed by atoms with Crippen molar-refractivity contribution in [2.24, 2.45) is 0 Å². The number of nitrogens with one attached hydrogen (secondary N) is 1. The number of hydrogen-bond donors (Lipinski definition) is 1. The van der Waals surface area contributed by atoms with E-state index in [1.807, 2.05) is 0 Å². The molecule has 1 heterocycles. The molecule has 2 aromatic carbocycles. The number of hydrogen-bond acceptors (Lipinski definition) is 6. The lowest BCUT2D eigenvalue weighted by atomic mass is 10.2. The number of rotatable bonds is 6. The summed E-state index contributed by atoms with van der Waals surface area (Å²) in [6.45, 7) is 0. The first-order valence-electron chi connectivity index (χ1n) is 7.27. The minimum atomic E-state index is -3.88. The normalized spacial score (nSPS) is 11.1. The Morgan fingerprint density at radius 1 is 1.08 bits per heavy atom. The van der Waals surface area contributed by atoms with Crippen LogP contribution in [0.15, 0.2) is 64.4 Å². The number of nitrogens with zero attached hydrogens (tertiary/aromatic N) is 1. The zero-order valence-corrected chi connectivity index (χ0v) is 14.4. The van der Waals surface area contributed by atoms with E-state index in [9.17, 15) is 8.42 Å². The molecule has 3 rings (SSSR count). The highest BCUT2D eigenvalue weighted by Gasteiger charge is 2.21.